The molecule has 92 valence electrons. The monoisotopic (exact) mass is 257 g/mol. The molecular formula is C11H12ClNO4. The summed E-state index contributed by atoms with van der Waals surface area (Å²) in [6.45, 7) is 1.59. The molecule has 1 atom stereocenters. The molecular weight excluding hydrogens is 246 g/mol. The number of rotatable bonds is 4. The molecule has 1 rings (SSSR count). The van der Waals surface area contributed by atoms with Crippen molar-refractivity contribution in [2.45, 2.75) is 12.5 Å². The SMILES string of the molecule is CCOC(=O)[C@@](O)(C(N)=O)c1ccc(Cl)cc1. The van der Waals surface area contributed by atoms with E-state index in [1.54, 1.807) is 6.92 Å². The number of primary amides is 1. The van der Waals surface area contributed by atoms with Crippen LogP contribution in [0.25, 0.3) is 0 Å². The molecule has 5 nitrogen and oxygen atoms in total. The molecule has 0 saturated carbocycles. The van der Waals surface area contributed by atoms with Crippen molar-refractivity contribution in [3.05, 3.63) is 34.9 Å². The van der Waals surface area contributed by atoms with Gasteiger partial charge in [0.05, 0.1) is 6.61 Å². The highest BCUT2D eigenvalue weighted by molar-refractivity contribution is 6.30. The molecule has 0 bridgehead atoms. The number of benzene rings is 1. The van der Waals surface area contributed by atoms with E-state index in [1.807, 2.05) is 0 Å². The molecule has 0 aliphatic heterocycles. The van der Waals surface area contributed by atoms with Gasteiger partial charge in [0.15, 0.2) is 0 Å². The summed E-state index contributed by atoms with van der Waals surface area (Å²) in [7, 11) is 0. The molecule has 0 heterocycles. The van der Waals surface area contributed by atoms with Crippen LogP contribution in [0.4, 0.5) is 0 Å². The van der Waals surface area contributed by atoms with Crippen LogP contribution < -0.4 is 5.73 Å². The molecule has 1 aromatic carbocycles. The Hall–Kier alpha value is -1.59. The van der Waals surface area contributed by atoms with Gasteiger partial charge in [-0.05, 0) is 19.1 Å². The highest BCUT2D eigenvalue weighted by Crippen LogP contribution is 2.24. The number of hydrogen-bond acceptors (Lipinski definition) is 4. The minimum absolute atomic E-state index is 0.0212. The van der Waals surface area contributed by atoms with Crippen LogP contribution in [-0.4, -0.2) is 23.6 Å². The van der Waals surface area contributed by atoms with Gasteiger partial charge in [-0.3, -0.25) is 4.79 Å². The average molecular weight is 258 g/mol. The van der Waals surface area contributed by atoms with Crippen LogP contribution in [0.1, 0.15) is 12.5 Å². The van der Waals surface area contributed by atoms with Gasteiger partial charge in [-0.25, -0.2) is 4.79 Å². The van der Waals surface area contributed by atoms with Gasteiger partial charge < -0.3 is 15.6 Å². The minimum atomic E-state index is -2.49. The fourth-order valence-corrected chi connectivity index (χ4v) is 1.41. The summed E-state index contributed by atoms with van der Waals surface area (Å²) in [5.74, 6) is -2.30. The summed E-state index contributed by atoms with van der Waals surface area (Å²) in [5, 5.41) is 10.5. The van der Waals surface area contributed by atoms with Crippen LogP contribution in [0, 0.1) is 0 Å². The minimum Gasteiger partial charge on any atom is -0.463 e. The van der Waals surface area contributed by atoms with Crippen molar-refractivity contribution in [3.63, 3.8) is 0 Å². The number of carbonyl (C=O) groups excluding carboxylic acids is 2. The molecule has 0 spiro atoms. The van der Waals surface area contributed by atoms with Gasteiger partial charge in [0, 0.05) is 10.6 Å². The Kier molecular flexibility index (Phi) is 4.09. The predicted octanol–water partition coefficient (Wildman–Crippen LogP) is 0.576. The largest absolute Gasteiger partial charge is 0.463 e. The fourth-order valence-electron chi connectivity index (χ4n) is 1.29. The predicted molar refractivity (Wildman–Crippen MR) is 61.2 cm³/mol. The van der Waals surface area contributed by atoms with E-state index in [2.05, 4.69) is 4.74 Å². The second kappa shape index (κ2) is 5.16. The maximum atomic E-state index is 11.6. The van der Waals surface area contributed by atoms with Crippen molar-refractivity contribution in [3.8, 4) is 0 Å². The lowest BCUT2D eigenvalue weighted by atomic mass is 9.93. The van der Waals surface area contributed by atoms with Crippen molar-refractivity contribution >= 4 is 23.5 Å². The van der Waals surface area contributed by atoms with Crippen LogP contribution >= 0.6 is 11.6 Å². The van der Waals surface area contributed by atoms with Crippen LogP contribution in [-0.2, 0) is 19.9 Å². The third kappa shape index (κ3) is 2.57. The normalized spacial score (nSPS) is 13.8. The Morgan fingerprint density at radius 2 is 1.94 bits per heavy atom. The van der Waals surface area contributed by atoms with Gasteiger partial charge in [0.1, 0.15) is 0 Å². The lowest BCUT2D eigenvalue weighted by molar-refractivity contribution is -0.171. The highest BCUT2D eigenvalue weighted by atomic mass is 35.5. The zero-order chi connectivity index (χ0) is 13.1. The van der Waals surface area contributed by atoms with Crippen LogP contribution in [0.15, 0.2) is 24.3 Å². The first kappa shape index (κ1) is 13.5. The summed E-state index contributed by atoms with van der Waals surface area (Å²) in [6, 6.07) is 5.54. The van der Waals surface area contributed by atoms with Crippen LogP contribution in [0.3, 0.4) is 0 Å². The molecule has 1 amide bonds. The van der Waals surface area contributed by atoms with E-state index in [4.69, 9.17) is 17.3 Å². The Morgan fingerprint density at radius 1 is 1.41 bits per heavy atom. The third-order valence-corrected chi connectivity index (χ3v) is 2.44. The van der Waals surface area contributed by atoms with E-state index in [0.29, 0.717) is 5.02 Å². The second-order valence-electron chi connectivity index (χ2n) is 3.30. The first-order chi connectivity index (χ1) is 7.92. The Balaban J connectivity index is 3.20. The second-order valence-corrected chi connectivity index (χ2v) is 3.74. The summed E-state index contributed by atoms with van der Waals surface area (Å²) in [5.41, 5.74) is 2.59. The molecule has 1 aromatic rings. The molecule has 0 aromatic heterocycles. The molecule has 0 aliphatic rings. The maximum Gasteiger partial charge on any atom is 0.352 e. The lowest BCUT2D eigenvalue weighted by Crippen LogP contribution is -2.48. The number of amides is 1. The number of hydrogen-bond donors (Lipinski definition) is 2. The van der Waals surface area contributed by atoms with E-state index in [-0.39, 0.29) is 12.2 Å². The topological polar surface area (TPSA) is 89.6 Å². The van der Waals surface area contributed by atoms with Crippen molar-refractivity contribution in [1.29, 1.82) is 0 Å². The third-order valence-electron chi connectivity index (χ3n) is 2.19. The zero-order valence-corrected chi connectivity index (χ0v) is 9.90. The summed E-state index contributed by atoms with van der Waals surface area (Å²) >= 11 is 5.67. The molecule has 0 unspecified atom stereocenters. The summed E-state index contributed by atoms with van der Waals surface area (Å²) < 4.78 is 4.63. The Labute approximate surface area is 103 Å². The summed E-state index contributed by atoms with van der Waals surface area (Å²) in [6.07, 6.45) is 0. The number of aliphatic hydroxyl groups is 1. The van der Waals surface area contributed by atoms with Gasteiger partial charge in [-0.15, -0.1) is 0 Å². The number of carbonyl (C=O) groups is 2. The van der Waals surface area contributed by atoms with Gasteiger partial charge in [0.2, 0.25) is 0 Å². The molecule has 3 N–H and O–H groups in total. The van der Waals surface area contributed by atoms with E-state index in [0.717, 1.165) is 0 Å². The smallest absolute Gasteiger partial charge is 0.352 e. The number of esters is 1. The van der Waals surface area contributed by atoms with E-state index in [9.17, 15) is 14.7 Å². The average Bonchev–Trinajstić information content (AvgIpc) is 2.29. The van der Waals surface area contributed by atoms with Crippen molar-refractivity contribution < 1.29 is 19.4 Å². The molecule has 0 radical (unpaired) electrons. The van der Waals surface area contributed by atoms with Crippen LogP contribution in [0.5, 0.6) is 0 Å². The quantitative estimate of drug-likeness (QED) is 0.610. The van der Waals surface area contributed by atoms with E-state index >= 15 is 0 Å². The zero-order valence-electron chi connectivity index (χ0n) is 9.14. The Morgan fingerprint density at radius 3 is 2.35 bits per heavy atom. The van der Waals surface area contributed by atoms with E-state index < -0.39 is 17.5 Å². The molecule has 0 fully saturated rings. The van der Waals surface area contributed by atoms with Crippen LogP contribution in [0.2, 0.25) is 5.02 Å². The number of ether oxygens (including phenoxy) is 1. The standard InChI is InChI=1S/C11H12ClNO4/c1-2-17-10(15)11(16,9(13)14)7-3-5-8(12)6-4-7/h3-6,16H,2H2,1H3,(H2,13,14)/t11-/m0/s1. The number of halogens is 1. The number of nitrogens with two attached hydrogens (primary N) is 1. The maximum absolute atomic E-state index is 11.6. The molecule has 0 aliphatic carbocycles. The fraction of sp³-hybridized carbons (Fsp3) is 0.273. The molecule has 6 heteroatoms. The van der Waals surface area contributed by atoms with Gasteiger partial charge in [-0.1, -0.05) is 23.7 Å². The van der Waals surface area contributed by atoms with Crippen molar-refractivity contribution in [2.24, 2.45) is 5.73 Å². The molecule has 17 heavy (non-hydrogen) atoms. The Bertz CT molecular complexity index is 432. The van der Waals surface area contributed by atoms with Gasteiger partial charge in [0.25, 0.3) is 11.5 Å². The first-order valence-electron chi connectivity index (χ1n) is 4.88. The van der Waals surface area contributed by atoms with Crippen molar-refractivity contribution in [1.82, 2.24) is 0 Å². The van der Waals surface area contributed by atoms with Gasteiger partial charge >= 0.3 is 5.97 Å². The van der Waals surface area contributed by atoms with Gasteiger partial charge in [-0.2, -0.15) is 0 Å². The first-order valence-corrected chi connectivity index (χ1v) is 5.26. The highest BCUT2D eigenvalue weighted by Gasteiger charge is 2.45. The summed E-state index contributed by atoms with van der Waals surface area (Å²) in [4.78, 5) is 22.8. The van der Waals surface area contributed by atoms with Crippen molar-refractivity contribution in [2.75, 3.05) is 6.61 Å². The lowest BCUT2D eigenvalue weighted by Gasteiger charge is -2.22. The molecule has 0 saturated heterocycles. The van der Waals surface area contributed by atoms with E-state index in [1.165, 1.54) is 24.3 Å².